The van der Waals surface area contributed by atoms with Gasteiger partial charge in [0.25, 0.3) is 0 Å². The van der Waals surface area contributed by atoms with Gasteiger partial charge in [-0.25, -0.2) is 0 Å². The van der Waals surface area contributed by atoms with Gasteiger partial charge in [0.15, 0.2) is 0 Å². The smallest absolute Gasteiger partial charge is 0.0211 e. The van der Waals surface area contributed by atoms with Crippen molar-refractivity contribution in [3.8, 4) is 11.1 Å². The molecule has 106 valence electrons. The van der Waals surface area contributed by atoms with E-state index < -0.39 is 0 Å². The van der Waals surface area contributed by atoms with Crippen LogP contribution in [0.15, 0.2) is 36.4 Å². The molecule has 1 N–H and O–H groups in total. The highest BCUT2D eigenvalue weighted by Gasteiger charge is 2.08. The van der Waals surface area contributed by atoms with Gasteiger partial charge in [-0.15, -0.1) is 0 Å². The zero-order valence-electron chi connectivity index (χ0n) is 13.1. The van der Waals surface area contributed by atoms with Crippen molar-refractivity contribution in [3.05, 3.63) is 58.7 Å². The van der Waals surface area contributed by atoms with E-state index in [1.165, 1.54) is 39.8 Å². The van der Waals surface area contributed by atoms with Crippen LogP contribution in [0.5, 0.6) is 0 Å². The van der Waals surface area contributed by atoms with E-state index in [2.05, 4.69) is 69.4 Å². The molecule has 0 atom stereocenters. The minimum absolute atomic E-state index is 0.941. The average Bonchev–Trinajstić information content (AvgIpc) is 2.43. The summed E-state index contributed by atoms with van der Waals surface area (Å²) in [5, 5.41) is 3.52. The Hall–Kier alpha value is -1.60. The maximum atomic E-state index is 3.52. The predicted molar refractivity (Wildman–Crippen MR) is 88.1 cm³/mol. The molecule has 20 heavy (non-hydrogen) atoms. The van der Waals surface area contributed by atoms with Crippen LogP contribution in [-0.2, 0) is 6.54 Å². The summed E-state index contributed by atoms with van der Waals surface area (Å²) in [4.78, 5) is 0. The number of hydrogen-bond donors (Lipinski definition) is 1. The lowest BCUT2D eigenvalue weighted by molar-refractivity contribution is 0.676. The zero-order valence-corrected chi connectivity index (χ0v) is 13.1. The van der Waals surface area contributed by atoms with Crippen LogP contribution in [0.1, 0.15) is 35.6 Å². The van der Waals surface area contributed by atoms with Gasteiger partial charge in [0.1, 0.15) is 0 Å². The Bertz CT molecular complexity index is 584. The highest BCUT2D eigenvalue weighted by atomic mass is 14.8. The molecule has 0 aliphatic heterocycles. The first kappa shape index (κ1) is 14.8. The van der Waals surface area contributed by atoms with E-state index in [9.17, 15) is 0 Å². The van der Waals surface area contributed by atoms with E-state index in [4.69, 9.17) is 0 Å². The fourth-order valence-corrected chi connectivity index (χ4v) is 2.52. The molecule has 0 bridgehead atoms. The van der Waals surface area contributed by atoms with Crippen LogP contribution in [-0.4, -0.2) is 6.54 Å². The Labute approximate surface area is 123 Å². The number of nitrogens with one attached hydrogen (secondary N) is 1. The summed E-state index contributed by atoms with van der Waals surface area (Å²) in [6.45, 7) is 10.7. The molecule has 2 aromatic rings. The van der Waals surface area contributed by atoms with Gasteiger partial charge in [0.05, 0.1) is 0 Å². The minimum Gasteiger partial charge on any atom is -0.313 e. The Balaban J connectivity index is 2.42. The van der Waals surface area contributed by atoms with Gasteiger partial charge in [-0.2, -0.15) is 0 Å². The highest BCUT2D eigenvalue weighted by molar-refractivity contribution is 5.72. The van der Waals surface area contributed by atoms with E-state index in [1.807, 2.05) is 0 Å². The summed E-state index contributed by atoms with van der Waals surface area (Å²) >= 11 is 0. The van der Waals surface area contributed by atoms with Crippen molar-refractivity contribution >= 4 is 0 Å². The first-order valence-corrected chi connectivity index (χ1v) is 7.49. The van der Waals surface area contributed by atoms with Crippen LogP contribution in [0.25, 0.3) is 11.1 Å². The van der Waals surface area contributed by atoms with Gasteiger partial charge in [0.2, 0.25) is 0 Å². The highest BCUT2D eigenvalue weighted by Crippen LogP contribution is 2.29. The van der Waals surface area contributed by atoms with Gasteiger partial charge >= 0.3 is 0 Å². The fourth-order valence-electron chi connectivity index (χ4n) is 2.52. The first-order chi connectivity index (χ1) is 9.61. The molecule has 2 aromatic carbocycles. The largest absolute Gasteiger partial charge is 0.313 e. The average molecular weight is 267 g/mol. The molecular weight excluding hydrogens is 242 g/mol. The number of hydrogen-bond acceptors (Lipinski definition) is 1. The molecule has 0 heterocycles. The van der Waals surface area contributed by atoms with Crippen molar-refractivity contribution in [1.29, 1.82) is 0 Å². The standard InChI is InChI=1S/C19H25N/c1-5-10-20-13-17-9-7-15(3)12-19(17)18-11-14(2)6-8-16(18)4/h6-9,11-12,20H,5,10,13H2,1-4H3. The third-order valence-corrected chi connectivity index (χ3v) is 3.69. The molecule has 0 unspecified atom stereocenters. The second kappa shape index (κ2) is 6.71. The van der Waals surface area contributed by atoms with Crippen molar-refractivity contribution in [1.82, 2.24) is 5.32 Å². The maximum absolute atomic E-state index is 3.52. The van der Waals surface area contributed by atoms with Crippen LogP contribution in [0.3, 0.4) is 0 Å². The third-order valence-electron chi connectivity index (χ3n) is 3.69. The quantitative estimate of drug-likeness (QED) is 0.769. The molecule has 0 aliphatic rings. The van der Waals surface area contributed by atoms with Crippen molar-refractivity contribution < 1.29 is 0 Å². The van der Waals surface area contributed by atoms with E-state index >= 15 is 0 Å². The molecule has 0 aliphatic carbocycles. The fraction of sp³-hybridized carbons (Fsp3) is 0.368. The molecule has 1 heteroatoms. The predicted octanol–water partition coefficient (Wildman–Crippen LogP) is 4.78. The Morgan fingerprint density at radius 1 is 0.850 bits per heavy atom. The SMILES string of the molecule is CCCNCc1ccc(C)cc1-c1cc(C)ccc1C. The van der Waals surface area contributed by atoms with E-state index in [0.29, 0.717) is 0 Å². The van der Waals surface area contributed by atoms with Gasteiger partial charge in [0, 0.05) is 6.54 Å². The summed E-state index contributed by atoms with van der Waals surface area (Å²) in [6, 6.07) is 13.5. The number of benzene rings is 2. The molecule has 0 amide bonds. The van der Waals surface area contributed by atoms with E-state index in [-0.39, 0.29) is 0 Å². The molecule has 0 saturated heterocycles. The van der Waals surface area contributed by atoms with Gasteiger partial charge < -0.3 is 5.32 Å². The third kappa shape index (κ3) is 3.49. The van der Waals surface area contributed by atoms with Crippen molar-refractivity contribution in [2.45, 2.75) is 40.7 Å². The van der Waals surface area contributed by atoms with Gasteiger partial charge in [-0.05, 0) is 56.0 Å². The lowest BCUT2D eigenvalue weighted by Gasteiger charge is -2.14. The molecule has 2 rings (SSSR count). The van der Waals surface area contributed by atoms with Crippen molar-refractivity contribution in [2.24, 2.45) is 0 Å². The summed E-state index contributed by atoms with van der Waals surface area (Å²) in [7, 11) is 0. The van der Waals surface area contributed by atoms with Crippen LogP contribution in [0.2, 0.25) is 0 Å². The molecular formula is C19H25N. The number of rotatable bonds is 5. The molecule has 0 aromatic heterocycles. The summed E-state index contributed by atoms with van der Waals surface area (Å²) in [5.41, 5.74) is 8.10. The molecule has 0 spiro atoms. The first-order valence-electron chi connectivity index (χ1n) is 7.49. The summed E-state index contributed by atoms with van der Waals surface area (Å²) < 4.78 is 0. The Morgan fingerprint density at radius 3 is 2.20 bits per heavy atom. The van der Waals surface area contributed by atoms with Crippen molar-refractivity contribution in [3.63, 3.8) is 0 Å². The molecule has 1 nitrogen and oxygen atoms in total. The zero-order chi connectivity index (χ0) is 14.5. The molecule has 0 radical (unpaired) electrons. The summed E-state index contributed by atoms with van der Waals surface area (Å²) in [6.07, 6.45) is 1.17. The summed E-state index contributed by atoms with van der Waals surface area (Å²) in [5.74, 6) is 0. The number of aryl methyl sites for hydroxylation is 3. The Kier molecular flexibility index (Phi) is 4.97. The maximum Gasteiger partial charge on any atom is 0.0211 e. The van der Waals surface area contributed by atoms with Gasteiger partial charge in [-0.3, -0.25) is 0 Å². The second-order valence-electron chi connectivity index (χ2n) is 5.66. The van der Waals surface area contributed by atoms with Crippen LogP contribution in [0.4, 0.5) is 0 Å². The van der Waals surface area contributed by atoms with Crippen LogP contribution >= 0.6 is 0 Å². The van der Waals surface area contributed by atoms with Crippen molar-refractivity contribution in [2.75, 3.05) is 6.54 Å². The van der Waals surface area contributed by atoms with Gasteiger partial charge in [-0.1, -0.05) is 54.4 Å². The Morgan fingerprint density at radius 2 is 1.50 bits per heavy atom. The lowest BCUT2D eigenvalue weighted by Crippen LogP contribution is -2.14. The topological polar surface area (TPSA) is 12.0 Å². The monoisotopic (exact) mass is 267 g/mol. The second-order valence-corrected chi connectivity index (χ2v) is 5.66. The van der Waals surface area contributed by atoms with E-state index in [0.717, 1.165) is 13.1 Å². The molecule has 0 fully saturated rings. The lowest BCUT2D eigenvalue weighted by atomic mass is 9.93. The minimum atomic E-state index is 0.941. The normalized spacial score (nSPS) is 10.8. The van der Waals surface area contributed by atoms with Crippen LogP contribution in [0, 0.1) is 20.8 Å². The van der Waals surface area contributed by atoms with Crippen LogP contribution < -0.4 is 5.32 Å². The molecule has 0 saturated carbocycles. The van der Waals surface area contributed by atoms with E-state index in [1.54, 1.807) is 0 Å².